The van der Waals surface area contributed by atoms with Crippen LogP contribution in [0.15, 0.2) is 54.8 Å². The maximum Gasteiger partial charge on any atom is 0.410 e. The number of esters is 1. The van der Waals surface area contributed by atoms with E-state index in [0.717, 1.165) is 11.3 Å². The third kappa shape index (κ3) is 7.15. The molecule has 2 aromatic rings. The molecule has 0 saturated carbocycles. The van der Waals surface area contributed by atoms with Gasteiger partial charge in [-0.2, -0.15) is 0 Å². The molecule has 1 aliphatic rings. The average Bonchev–Trinajstić information content (AvgIpc) is 2.85. The minimum Gasteiger partial charge on any atom is -0.503 e. The van der Waals surface area contributed by atoms with E-state index >= 15 is 0 Å². The molecule has 0 unspecified atom stereocenters. The van der Waals surface area contributed by atoms with Crippen LogP contribution in [0.3, 0.4) is 0 Å². The number of hydrogen-bond acceptors (Lipinski definition) is 7. The summed E-state index contributed by atoms with van der Waals surface area (Å²) in [5.41, 5.74) is 2.36. The predicted octanol–water partition coefficient (Wildman–Crippen LogP) is 4.48. The number of rotatable bonds is 7. The smallest absolute Gasteiger partial charge is 0.410 e. The van der Waals surface area contributed by atoms with Crippen LogP contribution in [0.5, 0.6) is 5.75 Å². The van der Waals surface area contributed by atoms with Crippen LogP contribution in [0.1, 0.15) is 31.9 Å². The van der Waals surface area contributed by atoms with E-state index in [0.29, 0.717) is 43.1 Å². The molecule has 0 radical (unpaired) electrons. The van der Waals surface area contributed by atoms with Crippen molar-refractivity contribution >= 4 is 23.3 Å². The summed E-state index contributed by atoms with van der Waals surface area (Å²) in [7, 11) is 2.82. The first kappa shape index (κ1) is 25.9. The van der Waals surface area contributed by atoms with Crippen molar-refractivity contribution in [1.82, 2.24) is 4.90 Å². The molecular weight excluding hydrogens is 448 g/mol. The molecule has 1 fully saturated rings. The van der Waals surface area contributed by atoms with Crippen molar-refractivity contribution in [1.29, 1.82) is 0 Å². The molecule has 1 heterocycles. The van der Waals surface area contributed by atoms with Crippen LogP contribution in [0.4, 0.5) is 10.5 Å². The largest absolute Gasteiger partial charge is 0.503 e. The highest BCUT2D eigenvalue weighted by Gasteiger charge is 2.26. The molecule has 8 nitrogen and oxygen atoms in total. The molecular formula is C27H34N2O6. The fourth-order valence-corrected chi connectivity index (χ4v) is 3.76. The van der Waals surface area contributed by atoms with E-state index in [1.807, 2.05) is 69.3 Å². The Morgan fingerprint density at radius 3 is 2.34 bits per heavy atom. The lowest BCUT2D eigenvalue weighted by molar-refractivity contribution is -0.133. The lowest BCUT2D eigenvalue weighted by atomic mass is 10.0. The Kier molecular flexibility index (Phi) is 8.63. The van der Waals surface area contributed by atoms with Gasteiger partial charge < -0.3 is 28.7 Å². The number of nitrogens with zero attached hydrogens (tertiary/aromatic N) is 2. The second-order valence-corrected chi connectivity index (χ2v) is 9.16. The fraction of sp³-hybridized carbons (Fsp3) is 0.407. The van der Waals surface area contributed by atoms with Crippen molar-refractivity contribution < 1.29 is 28.5 Å². The van der Waals surface area contributed by atoms with Crippen molar-refractivity contribution in [2.75, 3.05) is 45.3 Å². The number of anilines is 1. The first-order chi connectivity index (χ1) is 16.7. The van der Waals surface area contributed by atoms with Crippen LogP contribution in [-0.2, 0) is 25.6 Å². The summed E-state index contributed by atoms with van der Waals surface area (Å²) in [5, 5.41) is 0. The monoisotopic (exact) mass is 482 g/mol. The number of carbonyl (C=O) groups excluding carboxylic acids is 2. The summed E-state index contributed by atoms with van der Waals surface area (Å²) >= 11 is 0. The predicted molar refractivity (Wildman–Crippen MR) is 134 cm³/mol. The van der Waals surface area contributed by atoms with Gasteiger partial charge in [-0.05, 0) is 44.0 Å². The number of benzene rings is 2. The lowest BCUT2D eigenvalue weighted by Gasteiger charge is -2.36. The first-order valence-electron chi connectivity index (χ1n) is 11.6. The Labute approximate surface area is 207 Å². The molecule has 188 valence electrons. The number of amides is 1. The Bertz CT molecular complexity index is 1050. The molecule has 8 heteroatoms. The normalized spacial score (nSPS) is 14.4. The topological polar surface area (TPSA) is 77.5 Å². The highest BCUT2D eigenvalue weighted by atomic mass is 16.6. The van der Waals surface area contributed by atoms with Crippen molar-refractivity contribution in [3.63, 3.8) is 0 Å². The second-order valence-electron chi connectivity index (χ2n) is 9.16. The summed E-state index contributed by atoms with van der Waals surface area (Å²) in [6, 6.07) is 15.3. The van der Waals surface area contributed by atoms with E-state index in [-0.39, 0.29) is 12.7 Å². The van der Waals surface area contributed by atoms with Crippen LogP contribution >= 0.6 is 0 Å². The maximum atomic E-state index is 12.3. The Balaban J connectivity index is 1.65. The molecule has 1 amide bonds. The fourth-order valence-electron chi connectivity index (χ4n) is 3.76. The third-order valence-corrected chi connectivity index (χ3v) is 5.46. The molecule has 2 aromatic carbocycles. The van der Waals surface area contributed by atoms with E-state index in [2.05, 4.69) is 4.90 Å². The summed E-state index contributed by atoms with van der Waals surface area (Å²) in [6.07, 6.45) is 1.10. The quantitative estimate of drug-likeness (QED) is 0.327. The van der Waals surface area contributed by atoms with Crippen molar-refractivity contribution in [2.45, 2.75) is 33.0 Å². The zero-order valence-corrected chi connectivity index (χ0v) is 21.1. The minimum atomic E-state index is -0.504. The molecule has 0 aliphatic carbocycles. The SMILES string of the molecule is CO/C=C(/C(=O)OC)c1ccccc1COc1cccc(N2CCN(C(=O)OC(C)(C)C)CC2)c1. The van der Waals surface area contributed by atoms with Crippen molar-refractivity contribution in [3.05, 3.63) is 65.9 Å². The van der Waals surface area contributed by atoms with E-state index in [9.17, 15) is 9.59 Å². The molecule has 0 bridgehead atoms. The summed E-state index contributed by atoms with van der Waals surface area (Å²) < 4.78 is 21.6. The van der Waals surface area contributed by atoms with Gasteiger partial charge in [-0.1, -0.05) is 30.3 Å². The summed E-state index contributed by atoms with van der Waals surface area (Å²) in [5.74, 6) is 0.231. The molecule has 0 atom stereocenters. The highest BCUT2D eigenvalue weighted by Crippen LogP contribution is 2.26. The first-order valence-corrected chi connectivity index (χ1v) is 11.6. The molecule has 35 heavy (non-hydrogen) atoms. The molecule has 1 aliphatic heterocycles. The molecule has 0 spiro atoms. The number of methoxy groups -OCH3 is 2. The van der Waals surface area contributed by atoms with Crippen LogP contribution < -0.4 is 9.64 Å². The number of piperazine rings is 1. The van der Waals surface area contributed by atoms with E-state index in [1.165, 1.54) is 20.5 Å². The van der Waals surface area contributed by atoms with Crippen molar-refractivity contribution in [2.24, 2.45) is 0 Å². The molecule has 3 rings (SSSR count). The van der Waals surface area contributed by atoms with Gasteiger partial charge in [0, 0.05) is 37.9 Å². The van der Waals surface area contributed by atoms with Crippen LogP contribution in [0.25, 0.3) is 5.57 Å². The summed E-state index contributed by atoms with van der Waals surface area (Å²) in [6.45, 7) is 8.47. The maximum absolute atomic E-state index is 12.3. The lowest BCUT2D eigenvalue weighted by Crippen LogP contribution is -2.50. The van der Waals surface area contributed by atoms with Crippen LogP contribution in [0, 0.1) is 0 Å². The van der Waals surface area contributed by atoms with E-state index in [4.69, 9.17) is 18.9 Å². The van der Waals surface area contributed by atoms with Gasteiger partial charge in [-0.3, -0.25) is 0 Å². The highest BCUT2D eigenvalue weighted by molar-refractivity contribution is 6.16. The second kappa shape index (κ2) is 11.6. The van der Waals surface area contributed by atoms with Crippen LogP contribution in [0.2, 0.25) is 0 Å². The van der Waals surface area contributed by atoms with Gasteiger partial charge in [0.15, 0.2) is 0 Å². The Hall–Kier alpha value is -3.68. The van der Waals surface area contributed by atoms with E-state index in [1.54, 1.807) is 4.90 Å². The zero-order chi connectivity index (χ0) is 25.4. The molecule has 0 aromatic heterocycles. The van der Waals surface area contributed by atoms with Gasteiger partial charge in [0.25, 0.3) is 0 Å². The van der Waals surface area contributed by atoms with Gasteiger partial charge in [-0.25, -0.2) is 9.59 Å². The zero-order valence-electron chi connectivity index (χ0n) is 21.1. The average molecular weight is 483 g/mol. The third-order valence-electron chi connectivity index (χ3n) is 5.46. The van der Waals surface area contributed by atoms with Gasteiger partial charge in [0.05, 0.1) is 20.5 Å². The van der Waals surface area contributed by atoms with Crippen LogP contribution in [-0.4, -0.2) is 63.0 Å². The summed E-state index contributed by atoms with van der Waals surface area (Å²) in [4.78, 5) is 28.5. The standard InChI is InChI=1S/C27H34N2O6/c1-27(2,3)35-26(31)29-15-13-28(14-16-29)21-10-8-11-22(17-21)34-18-20-9-6-7-12-23(20)24(19-32-4)25(30)33-5/h6-12,17,19H,13-16,18H2,1-5H3/b24-19+. The van der Waals surface area contributed by atoms with Crippen molar-refractivity contribution in [3.8, 4) is 5.75 Å². The number of ether oxygens (including phenoxy) is 4. The Morgan fingerprint density at radius 2 is 1.69 bits per heavy atom. The van der Waals surface area contributed by atoms with Gasteiger partial charge in [0.2, 0.25) is 0 Å². The molecule has 0 N–H and O–H groups in total. The minimum absolute atomic E-state index is 0.268. The van der Waals surface area contributed by atoms with E-state index < -0.39 is 11.6 Å². The van der Waals surface area contributed by atoms with Gasteiger partial charge in [-0.15, -0.1) is 0 Å². The Morgan fingerprint density at radius 1 is 0.971 bits per heavy atom. The molecule has 1 saturated heterocycles. The number of carbonyl (C=O) groups is 2. The van der Waals surface area contributed by atoms with Gasteiger partial charge in [0.1, 0.15) is 23.5 Å². The van der Waals surface area contributed by atoms with Gasteiger partial charge >= 0.3 is 12.1 Å². The number of hydrogen-bond donors (Lipinski definition) is 0.